The summed E-state index contributed by atoms with van der Waals surface area (Å²) in [6.45, 7) is 4.13. The first kappa shape index (κ1) is 16.6. The van der Waals surface area contributed by atoms with Crippen LogP contribution in [0, 0.1) is 11.8 Å². The van der Waals surface area contributed by atoms with Crippen LogP contribution in [0.4, 0.5) is 0 Å². The summed E-state index contributed by atoms with van der Waals surface area (Å²) >= 11 is 0. The molecular weight excluding hydrogens is 334 g/mol. The number of ether oxygens (including phenoxy) is 2. The number of nitrogens with two attached hydrogens (primary N) is 1. The summed E-state index contributed by atoms with van der Waals surface area (Å²) in [5.41, 5.74) is 5.81. The summed E-state index contributed by atoms with van der Waals surface area (Å²) in [7, 11) is 0. The van der Waals surface area contributed by atoms with Gasteiger partial charge in [0.15, 0.2) is 0 Å². The van der Waals surface area contributed by atoms with Crippen LogP contribution in [0.3, 0.4) is 0 Å². The van der Waals surface area contributed by atoms with Crippen molar-refractivity contribution in [1.29, 1.82) is 0 Å². The summed E-state index contributed by atoms with van der Waals surface area (Å²) in [5, 5.41) is 4.49. The van der Waals surface area contributed by atoms with Gasteiger partial charge in [0.1, 0.15) is 12.4 Å². The summed E-state index contributed by atoms with van der Waals surface area (Å²) in [6.07, 6.45) is 2.46. The largest absolute Gasteiger partial charge is 0.490 e. The number of rotatable bonds is 6. The minimum absolute atomic E-state index is 0.0285. The summed E-state index contributed by atoms with van der Waals surface area (Å²) in [5.74, 6) is 0.968. The van der Waals surface area contributed by atoms with Crippen LogP contribution in [-0.2, 0) is 4.79 Å². The molecule has 7 heteroatoms. The molecule has 26 heavy (non-hydrogen) atoms. The lowest BCUT2D eigenvalue weighted by molar-refractivity contribution is -0.121. The van der Waals surface area contributed by atoms with E-state index in [1.54, 1.807) is 24.4 Å². The number of piperidine rings is 1. The Labute approximate surface area is 150 Å². The Hall–Kier alpha value is -2.83. The minimum Gasteiger partial charge on any atom is -0.490 e. The van der Waals surface area contributed by atoms with Gasteiger partial charge >= 0.3 is 0 Å². The number of carbonyl (C=O) groups is 2. The van der Waals surface area contributed by atoms with E-state index in [1.807, 2.05) is 13.8 Å². The Kier molecular flexibility index (Phi) is 3.94. The first-order valence-electron chi connectivity index (χ1n) is 8.76. The molecule has 4 rings (SSSR count). The topological polar surface area (TPSA) is 104 Å². The van der Waals surface area contributed by atoms with Gasteiger partial charge in [-0.3, -0.25) is 9.59 Å². The van der Waals surface area contributed by atoms with Gasteiger partial charge in [-0.25, -0.2) is 4.98 Å². The molecule has 1 aromatic carbocycles. The highest BCUT2D eigenvalue weighted by Gasteiger charge is 2.54. The van der Waals surface area contributed by atoms with E-state index in [-0.39, 0.29) is 24.0 Å². The predicted molar refractivity (Wildman–Crippen MR) is 95.0 cm³/mol. The number of primary amides is 1. The fourth-order valence-electron chi connectivity index (χ4n) is 3.53. The van der Waals surface area contributed by atoms with Crippen LogP contribution in [0.1, 0.15) is 30.6 Å². The summed E-state index contributed by atoms with van der Waals surface area (Å²) < 4.78 is 11.7. The SMILES string of the molecule is CC(C)Oc1cc2c(OC[C@H]3NC(=O)[C@@H]4C[C@H]34)nccc2cc1C(N)=O. The van der Waals surface area contributed by atoms with Crippen LogP contribution >= 0.6 is 0 Å². The van der Waals surface area contributed by atoms with E-state index in [9.17, 15) is 9.59 Å². The molecule has 0 unspecified atom stereocenters. The molecule has 7 nitrogen and oxygen atoms in total. The van der Waals surface area contributed by atoms with Crippen LogP contribution in [0.25, 0.3) is 10.8 Å². The zero-order valence-corrected chi connectivity index (χ0v) is 14.7. The molecule has 0 spiro atoms. The normalized spacial score (nSPS) is 23.7. The zero-order chi connectivity index (χ0) is 18.4. The number of carbonyl (C=O) groups excluding carboxylic acids is 2. The lowest BCUT2D eigenvalue weighted by Crippen LogP contribution is -2.35. The third kappa shape index (κ3) is 2.94. The molecule has 2 heterocycles. The van der Waals surface area contributed by atoms with Crippen LogP contribution < -0.4 is 20.5 Å². The van der Waals surface area contributed by atoms with Gasteiger partial charge in [0.2, 0.25) is 11.8 Å². The number of hydrogen-bond acceptors (Lipinski definition) is 5. The highest BCUT2D eigenvalue weighted by Crippen LogP contribution is 2.46. The van der Waals surface area contributed by atoms with E-state index < -0.39 is 5.91 Å². The van der Waals surface area contributed by atoms with Crippen LogP contribution in [0.2, 0.25) is 0 Å². The zero-order valence-electron chi connectivity index (χ0n) is 14.7. The molecule has 136 valence electrons. The second kappa shape index (κ2) is 6.16. The van der Waals surface area contributed by atoms with Gasteiger partial charge in [-0.15, -0.1) is 0 Å². The molecule has 1 aromatic heterocycles. The van der Waals surface area contributed by atoms with Gasteiger partial charge in [-0.2, -0.15) is 0 Å². The second-order valence-electron chi connectivity index (χ2n) is 7.15. The fraction of sp³-hybridized carbons (Fsp3) is 0.421. The highest BCUT2D eigenvalue weighted by atomic mass is 16.5. The number of nitrogens with zero attached hydrogens (tertiary/aromatic N) is 1. The van der Waals surface area contributed by atoms with Gasteiger partial charge in [0.05, 0.1) is 17.7 Å². The van der Waals surface area contributed by atoms with Crippen molar-refractivity contribution in [3.63, 3.8) is 0 Å². The average Bonchev–Trinajstić information content (AvgIpc) is 3.32. The van der Waals surface area contributed by atoms with E-state index >= 15 is 0 Å². The Balaban J connectivity index is 1.64. The molecule has 0 bridgehead atoms. The molecule has 2 aliphatic rings. The molecule has 3 N–H and O–H groups in total. The number of nitrogens with one attached hydrogen (secondary N) is 1. The van der Waals surface area contributed by atoms with Crippen molar-refractivity contribution in [2.24, 2.45) is 17.6 Å². The number of aromatic nitrogens is 1. The predicted octanol–water partition coefficient (Wildman–Crippen LogP) is 1.63. The number of hydrogen-bond donors (Lipinski definition) is 2. The average molecular weight is 355 g/mol. The fourth-order valence-corrected chi connectivity index (χ4v) is 3.53. The van der Waals surface area contributed by atoms with E-state index in [1.165, 1.54) is 0 Å². The van der Waals surface area contributed by atoms with Gasteiger partial charge in [-0.05, 0) is 49.8 Å². The number of fused-ring (bicyclic) bond motifs is 2. The van der Waals surface area contributed by atoms with Crippen molar-refractivity contribution in [2.45, 2.75) is 32.4 Å². The summed E-state index contributed by atoms with van der Waals surface area (Å²) in [4.78, 5) is 27.7. The Morgan fingerprint density at radius 3 is 2.85 bits per heavy atom. The maximum absolute atomic E-state index is 11.8. The lowest BCUT2D eigenvalue weighted by atomic mass is 10.1. The first-order valence-corrected chi connectivity index (χ1v) is 8.76. The third-order valence-electron chi connectivity index (χ3n) is 4.88. The molecule has 1 saturated heterocycles. The van der Waals surface area contributed by atoms with Crippen molar-refractivity contribution in [3.05, 3.63) is 30.0 Å². The molecule has 0 radical (unpaired) electrons. The molecule has 2 aromatic rings. The molecule has 1 saturated carbocycles. The van der Waals surface area contributed by atoms with Crippen molar-refractivity contribution in [2.75, 3.05) is 6.61 Å². The molecule has 2 fully saturated rings. The van der Waals surface area contributed by atoms with Gasteiger partial charge in [0.25, 0.3) is 5.91 Å². The van der Waals surface area contributed by atoms with Crippen molar-refractivity contribution in [1.82, 2.24) is 10.3 Å². The quantitative estimate of drug-likeness (QED) is 0.820. The van der Waals surface area contributed by atoms with Crippen LogP contribution in [0.15, 0.2) is 24.4 Å². The smallest absolute Gasteiger partial charge is 0.252 e. The second-order valence-corrected chi connectivity index (χ2v) is 7.15. The van der Waals surface area contributed by atoms with Gasteiger partial charge in [-0.1, -0.05) is 0 Å². The minimum atomic E-state index is -0.546. The third-order valence-corrected chi connectivity index (χ3v) is 4.88. The van der Waals surface area contributed by atoms with E-state index in [0.29, 0.717) is 29.7 Å². The van der Waals surface area contributed by atoms with Crippen molar-refractivity contribution >= 4 is 22.6 Å². The molecule has 1 aliphatic carbocycles. The van der Waals surface area contributed by atoms with Crippen LogP contribution in [0.5, 0.6) is 11.6 Å². The van der Waals surface area contributed by atoms with E-state index in [0.717, 1.165) is 17.2 Å². The van der Waals surface area contributed by atoms with Gasteiger partial charge in [0, 0.05) is 17.5 Å². The Morgan fingerprint density at radius 2 is 2.23 bits per heavy atom. The highest BCUT2D eigenvalue weighted by molar-refractivity contribution is 6.01. The molecule has 1 aliphatic heterocycles. The van der Waals surface area contributed by atoms with Crippen molar-refractivity contribution in [3.8, 4) is 11.6 Å². The lowest BCUT2D eigenvalue weighted by Gasteiger charge is -2.17. The molecule has 2 amide bonds. The standard InChI is InChI=1S/C19H21N3O4/c1-9(2)26-16-7-11-10(5-14(16)17(20)23)3-4-21-19(11)25-8-15-12-6-13(12)18(24)22-15/h3-5,7,9,12-13,15H,6,8H2,1-2H3,(H2,20,23)(H,22,24)/t12-,13+,15+/m0/s1. The van der Waals surface area contributed by atoms with E-state index in [4.69, 9.17) is 15.2 Å². The Bertz CT molecular complexity index is 896. The van der Waals surface area contributed by atoms with E-state index in [2.05, 4.69) is 10.3 Å². The molecule has 3 atom stereocenters. The molecular formula is C19H21N3O4. The van der Waals surface area contributed by atoms with Crippen LogP contribution in [-0.4, -0.2) is 35.6 Å². The Morgan fingerprint density at radius 1 is 1.42 bits per heavy atom. The van der Waals surface area contributed by atoms with Gasteiger partial charge < -0.3 is 20.5 Å². The monoisotopic (exact) mass is 355 g/mol. The maximum Gasteiger partial charge on any atom is 0.252 e. The number of benzene rings is 1. The number of pyridine rings is 1. The summed E-state index contributed by atoms with van der Waals surface area (Å²) in [6, 6.07) is 5.26. The van der Waals surface area contributed by atoms with Crippen molar-refractivity contribution < 1.29 is 19.1 Å². The number of amides is 2. The first-order chi connectivity index (χ1) is 12.4. The maximum atomic E-state index is 11.8.